The van der Waals surface area contributed by atoms with Gasteiger partial charge in [0.2, 0.25) is 6.79 Å². The van der Waals surface area contributed by atoms with E-state index in [2.05, 4.69) is 50.2 Å². The van der Waals surface area contributed by atoms with Crippen molar-refractivity contribution in [2.45, 2.75) is 19.9 Å². The zero-order valence-electron chi connectivity index (χ0n) is 18.5. The SMILES string of the molecule is CCOC(=O)C1=C(C)N=c2s/c(=C\c3cc(I)c(O)c(I)c3)c(=O)n2[C@@H]1c1ccc2c(c1)OCO2. The number of ether oxygens (including phenoxy) is 3. The number of hydrogen-bond acceptors (Lipinski definition) is 8. The van der Waals surface area contributed by atoms with E-state index >= 15 is 0 Å². The number of carbonyl (C=O) groups excluding carboxylic acids is 1. The van der Waals surface area contributed by atoms with Crippen molar-refractivity contribution in [2.24, 2.45) is 4.99 Å². The summed E-state index contributed by atoms with van der Waals surface area (Å²) < 4.78 is 19.7. The normalized spacial score (nSPS) is 16.8. The Morgan fingerprint density at radius 3 is 2.69 bits per heavy atom. The molecule has 0 saturated heterocycles. The number of carbonyl (C=O) groups is 1. The van der Waals surface area contributed by atoms with Gasteiger partial charge in [0.05, 0.1) is 35.6 Å². The fraction of sp³-hybridized carbons (Fsp3) is 0.208. The van der Waals surface area contributed by atoms with E-state index in [4.69, 9.17) is 14.2 Å². The van der Waals surface area contributed by atoms with Crippen molar-refractivity contribution >= 4 is 68.6 Å². The molecular formula is C24H18I2N2O6S. The standard InChI is InChI=1S/C24H18I2N2O6S/c1-3-32-23(31)19-11(2)27-24-28(20(19)13-4-5-16-17(9-13)34-10-33-16)22(30)18(35-24)8-12-6-14(25)21(29)15(26)7-12/h4-9,20,29H,3,10H2,1-2H3/b18-8-/t20-/m1/s1. The van der Waals surface area contributed by atoms with Gasteiger partial charge in [-0.25, -0.2) is 9.79 Å². The summed E-state index contributed by atoms with van der Waals surface area (Å²) in [6.45, 7) is 3.80. The second-order valence-electron chi connectivity index (χ2n) is 7.75. The Balaban J connectivity index is 1.73. The van der Waals surface area contributed by atoms with E-state index in [9.17, 15) is 14.7 Å². The Hall–Kier alpha value is -2.39. The van der Waals surface area contributed by atoms with E-state index in [1.54, 1.807) is 44.2 Å². The molecule has 2 aliphatic rings. The maximum Gasteiger partial charge on any atom is 0.338 e. The van der Waals surface area contributed by atoms with Gasteiger partial charge >= 0.3 is 5.97 Å². The molecular weight excluding hydrogens is 698 g/mol. The molecule has 3 heterocycles. The predicted molar refractivity (Wildman–Crippen MR) is 147 cm³/mol. The largest absolute Gasteiger partial charge is 0.506 e. The van der Waals surface area contributed by atoms with Crippen LogP contribution in [-0.2, 0) is 9.53 Å². The average molecular weight is 716 g/mol. The Labute approximate surface area is 230 Å². The molecule has 0 fully saturated rings. The van der Waals surface area contributed by atoms with Crippen molar-refractivity contribution in [3.05, 3.63) is 79.6 Å². The van der Waals surface area contributed by atoms with Crippen LogP contribution in [0, 0.1) is 7.14 Å². The third-order valence-electron chi connectivity index (χ3n) is 5.57. The molecule has 0 bridgehead atoms. The van der Waals surface area contributed by atoms with Crippen LogP contribution in [0.25, 0.3) is 6.08 Å². The van der Waals surface area contributed by atoms with Crippen LogP contribution in [0.4, 0.5) is 0 Å². The van der Waals surface area contributed by atoms with Gasteiger partial charge in [0, 0.05) is 0 Å². The van der Waals surface area contributed by atoms with Gasteiger partial charge in [-0.2, -0.15) is 0 Å². The van der Waals surface area contributed by atoms with E-state index in [0.717, 1.165) is 5.56 Å². The zero-order chi connectivity index (χ0) is 24.9. The summed E-state index contributed by atoms with van der Waals surface area (Å²) in [5.41, 5.74) is 1.99. The molecule has 1 N–H and O–H groups in total. The number of phenols is 1. The number of halogens is 2. The highest BCUT2D eigenvalue weighted by Crippen LogP contribution is 2.38. The zero-order valence-corrected chi connectivity index (χ0v) is 23.6. The van der Waals surface area contributed by atoms with Crippen molar-refractivity contribution in [3.63, 3.8) is 0 Å². The Kier molecular flexibility index (Phi) is 6.65. The number of benzene rings is 2. The van der Waals surface area contributed by atoms with Gasteiger partial charge in [-0.05, 0) is 100 Å². The molecule has 0 spiro atoms. The molecule has 0 unspecified atom stereocenters. The topological polar surface area (TPSA) is 99.4 Å². The van der Waals surface area contributed by atoms with Gasteiger partial charge in [-0.1, -0.05) is 17.4 Å². The number of thiazole rings is 1. The Bertz CT molecular complexity index is 1570. The Morgan fingerprint density at radius 1 is 1.26 bits per heavy atom. The summed E-state index contributed by atoms with van der Waals surface area (Å²) in [6.07, 6.45) is 1.77. The van der Waals surface area contributed by atoms with E-state index in [-0.39, 0.29) is 24.7 Å². The lowest BCUT2D eigenvalue weighted by atomic mass is 9.95. The van der Waals surface area contributed by atoms with Crippen LogP contribution >= 0.6 is 56.5 Å². The van der Waals surface area contributed by atoms with E-state index in [1.165, 1.54) is 15.9 Å². The van der Waals surface area contributed by atoms with Crippen molar-refractivity contribution in [3.8, 4) is 17.2 Å². The van der Waals surface area contributed by atoms with Gasteiger partial charge in [0.25, 0.3) is 5.56 Å². The molecule has 0 saturated carbocycles. The fourth-order valence-electron chi connectivity index (χ4n) is 4.01. The van der Waals surface area contributed by atoms with Gasteiger partial charge in [-0.3, -0.25) is 9.36 Å². The molecule has 35 heavy (non-hydrogen) atoms. The number of phenolic OH excluding ortho intramolecular Hbond substituents is 1. The molecule has 11 heteroatoms. The maximum atomic E-state index is 13.7. The van der Waals surface area contributed by atoms with Gasteiger partial charge in [0.1, 0.15) is 5.75 Å². The molecule has 0 aliphatic carbocycles. The summed E-state index contributed by atoms with van der Waals surface area (Å²) >= 11 is 5.36. The maximum absolute atomic E-state index is 13.7. The number of rotatable bonds is 4. The summed E-state index contributed by atoms with van der Waals surface area (Å²) in [5.74, 6) is 0.850. The monoisotopic (exact) mass is 716 g/mol. The minimum Gasteiger partial charge on any atom is -0.506 e. The second-order valence-corrected chi connectivity index (χ2v) is 11.1. The lowest BCUT2D eigenvalue weighted by Gasteiger charge is -2.24. The smallest absolute Gasteiger partial charge is 0.338 e. The number of nitrogens with zero attached hydrogens (tertiary/aromatic N) is 2. The van der Waals surface area contributed by atoms with Gasteiger partial charge < -0.3 is 19.3 Å². The molecule has 1 atom stereocenters. The molecule has 180 valence electrons. The van der Waals surface area contributed by atoms with E-state index in [0.29, 0.717) is 44.8 Å². The molecule has 1 aromatic heterocycles. The highest BCUT2D eigenvalue weighted by molar-refractivity contribution is 14.1. The third-order valence-corrected chi connectivity index (χ3v) is 8.19. The lowest BCUT2D eigenvalue weighted by molar-refractivity contribution is -0.139. The number of aromatic nitrogens is 1. The fourth-order valence-corrected chi connectivity index (χ4v) is 6.87. The van der Waals surface area contributed by atoms with Crippen LogP contribution in [0.15, 0.2) is 51.4 Å². The second kappa shape index (κ2) is 9.58. The van der Waals surface area contributed by atoms with Crippen molar-refractivity contribution in [2.75, 3.05) is 13.4 Å². The first-order chi connectivity index (χ1) is 16.8. The summed E-state index contributed by atoms with van der Waals surface area (Å²) in [5, 5.41) is 10.1. The molecule has 3 aromatic rings. The summed E-state index contributed by atoms with van der Waals surface area (Å²) in [4.78, 5) is 31.8. The molecule has 8 nitrogen and oxygen atoms in total. The first-order valence-electron chi connectivity index (χ1n) is 10.6. The quantitative estimate of drug-likeness (QED) is 0.329. The predicted octanol–water partition coefficient (Wildman–Crippen LogP) is 3.44. The molecule has 5 rings (SSSR count). The molecule has 2 aliphatic heterocycles. The minimum absolute atomic E-state index is 0.116. The molecule has 0 radical (unpaired) electrons. The summed E-state index contributed by atoms with van der Waals surface area (Å²) in [7, 11) is 0. The van der Waals surface area contributed by atoms with Crippen molar-refractivity contribution < 1.29 is 24.1 Å². The number of fused-ring (bicyclic) bond motifs is 2. The molecule has 2 aromatic carbocycles. The Morgan fingerprint density at radius 2 is 1.97 bits per heavy atom. The van der Waals surface area contributed by atoms with E-state index in [1.807, 2.05) is 6.07 Å². The van der Waals surface area contributed by atoms with Crippen molar-refractivity contribution in [1.29, 1.82) is 0 Å². The number of esters is 1. The first kappa shape index (κ1) is 24.3. The number of aromatic hydroxyl groups is 1. The highest BCUT2D eigenvalue weighted by atomic mass is 127. The van der Waals surface area contributed by atoms with Crippen molar-refractivity contribution in [1.82, 2.24) is 4.57 Å². The number of hydrogen-bond donors (Lipinski definition) is 1. The van der Waals surface area contributed by atoms with Crippen LogP contribution in [0.5, 0.6) is 17.2 Å². The van der Waals surface area contributed by atoms with Gasteiger partial charge in [0.15, 0.2) is 16.3 Å². The van der Waals surface area contributed by atoms with E-state index < -0.39 is 12.0 Å². The van der Waals surface area contributed by atoms with Crippen LogP contribution < -0.4 is 24.4 Å². The lowest BCUT2D eigenvalue weighted by Crippen LogP contribution is -2.39. The first-order valence-corrected chi connectivity index (χ1v) is 13.5. The van der Waals surface area contributed by atoms with Crippen LogP contribution in [-0.4, -0.2) is 29.0 Å². The number of allylic oxidation sites excluding steroid dienone is 1. The van der Waals surface area contributed by atoms with Gasteiger partial charge in [-0.15, -0.1) is 0 Å². The van der Waals surface area contributed by atoms with Crippen LogP contribution in [0.1, 0.15) is 31.0 Å². The average Bonchev–Trinajstić information content (AvgIpc) is 3.40. The molecule has 0 amide bonds. The summed E-state index contributed by atoms with van der Waals surface area (Å²) in [6, 6.07) is 8.25. The minimum atomic E-state index is -0.734. The van der Waals surface area contributed by atoms with Crippen LogP contribution in [0.3, 0.4) is 0 Å². The third kappa shape index (κ3) is 4.37. The highest BCUT2D eigenvalue weighted by Gasteiger charge is 2.34. The van der Waals surface area contributed by atoms with Crippen LogP contribution in [0.2, 0.25) is 0 Å².